The van der Waals surface area contributed by atoms with Gasteiger partial charge in [0.15, 0.2) is 11.0 Å². The Morgan fingerprint density at radius 3 is 2.80 bits per heavy atom. The Morgan fingerprint density at radius 2 is 1.97 bits per heavy atom. The van der Waals surface area contributed by atoms with E-state index in [1.165, 1.54) is 6.07 Å². The molecule has 10 heteroatoms. The molecule has 0 aliphatic rings. The summed E-state index contributed by atoms with van der Waals surface area (Å²) in [5.74, 6) is 0.586. The van der Waals surface area contributed by atoms with Gasteiger partial charge in [0.25, 0.3) is 0 Å². The van der Waals surface area contributed by atoms with Crippen LogP contribution in [0.2, 0.25) is 0 Å². The monoisotopic (exact) mass is 482 g/mol. The average molecular weight is 483 g/mol. The smallest absolute Gasteiger partial charge is 0.176 e. The molecule has 0 fully saturated rings. The van der Waals surface area contributed by atoms with Gasteiger partial charge in [-0.1, -0.05) is 13.5 Å². The molecule has 6 aromatic heterocycles. The molecule has 0 saturated carbocycles. The van der Waals surface area contributed by atoms with E-state index < -0.39 is 0 Å². The van der Waals surface area contributed by atoms with Crippen LogP contribution < -0.4 is 5.32 Å². The van der Waals surface area contributed by atoms with Crippen molar-refractivity contribution in [3.8, 4) is 33.2 Å². The molecule has 0 radical (unpaired) electrons. The topological polar surface area (TPSA) is 108 Å². The van der Waals surface area contributed by atoms with Crippen LogP contribution in [-0.2, 0) is 0 Å². The van der Waals surface area contributed by atoms with Crippen molar-refractivity contribution in [2.75, 3.05) is 5.32 Å². The largest absolute Gasteiger partial charge is 0.358 e. The number of anilines is 1. The third kappa shape index (κ3) is 3.83. The summed E-state index contributed by atoms with van der Waals surface area (Å²) in [7, 11) is 0. The zero-order valence-electron chi connectivity index (χ0n) is 18.6. The van der Waals surface area contributed by atoms with E-state index in [4.69, 9.17) is 4.98 Å². The molecule has 0 unspecified atom stereocenters. The number of nitrogens with zero attached hydrogens (tertiary/aromatic N) is 5. The first-order chi connectivity index (χ1) is 17.1. The van der Waals surface area contributed by atoms with Crippen molar-refractivity contribution in [1.82, 2.24) is 35.1 Å². The number of rotatable bonds is 6. The molecule has 172 valence electrons. The van der Waals surface area contributed by atoms with Gasteiger partial charge in [0.05, 0.1) is 41.0 Å². The highest BCUT2D eigenvalue weighted by Gasteiger charge is 2.17. The second-order valence-electron chi connectivity index (χ2n) is 8.00. The predicted molar refractivity (Wildman–Crippen MR) is 136 cm³/mol. The second-order valence-corrected chi connectivity index (χ2v) is 9.04. The highest BCUT2D eigenvalue weighted by molar-refractivity contribution is 7.14. The van der Waals surface area contributed by atoms with E-state index in [2.05, 4.69) is 42.0 Å². The number of thiophene rings is 1. The molecule has 0 aliphatic carbocycles. The Kier molecular flexibility index (Phi) is 5.07. The van der Waals surface area contributed by atoms with E-state index in [1.54, 1.807) is 37.1 Å². The highest BCUT2D eigenvalue weighted by Crippen LogP contribution is 2.34. The third-order valence-corrected chi connectivity index (χ3v) is 6.59. The number of fused-ring (bicyclic) bond motifs is 2. The van der Waals surface area contributed by atoms with E-state index in [0.29, 0.717) is 17.0 Å². The van der Waals surface area contributed by atoms with Gasteiger partial charge in [0.2, 0.25) is 0 Å². The van der Waals surface area contributed by atoms with Crippen molar-refractivity contribution in [1.29, 1.82) is 0 Å². The van der Waals surface area contributed by atoms with Gasteiger partial charge in [-0.3, -0.25) is 20.1 Å². The van der Waals surface area contributed by atoms with Gasteiger partial charge in [-0.15, -0.1) is 11.3 Å². The first-order valence-corrected chi connectivity index (χ1v) is 11.7. The molecule has 6 heterocycles. The van der Waals surface area contributed by atoms with Gasteiger partial charge in [-0.05, 0) is 30.7 Å². The molecule has 6 rings (SSSR count). The number of pyridine rings is 3. The van der Waals surface area contributed by atoms with Gasteiger partial charge in [0.1, 0.15) is 11.2 Å². The van der Waals surface area contributed by atoms with Crippen molar-refractivity contribution in [2.45, 2.75) is 13.3 Å². The van der Waals surface area contributed by atoms with Crippen molar-refractivity contribution >= 4 is 39.0 Å². The van der Waals surface area contributed by atoms with Crippen LogP contribution in [0, 0.1) is 5.13 Å². The van der Waals surface area contributed by atoms with Crippen LogP contribution >= 0.6 is 11.3 Å². The SMILES string of the molecule is C=C(CC)Nc1cncc(-c2cc3c(-c4nc5c(-c6ccc(F)s6)cncc5[nH]4)n[nH]c3cn2)c1. The molecule has 0 saturated heterocycles. The normalized spacial score (nSPS) is 11.4. The van der Waals surface area contributed by atoms with Crippen LogP contribution in [0.5, 0.6) is 0 Å². The number of imidazole rings is 1. The van der Waals surface area contributed by atoms with Gasteiger partial charge in [-0.2, -0.15) is 9.49 Å². The molecule has 0 atom stereocenters. The van der Waals surface area contributed by atoms with E-state index in [1.807, 2.05) is 19.1 Å². The van der Waals surface area contributed by atoms with Gasteiger partial charge >= 0.3 is 0 Å². The first-order valence-electron chi connectivity index (χ1n) is 10.9. The minimum absolute atomic E-state index is 0.251. The molecular weight excluding hydrogens is 463 g/mol. The maximum absolute atomic E-state index is 13.6. The third-order valence-electron chi connectivity index (χ3n) is 5.69. The van der Waals surface area contributed by atoms with Gasteiger partial charge in [0, 0.05) is 39.5 Å². The zero-order chi connectivity index (χ0) is 23.9. The van der Waals surface area contributed by atoms with E-state index in [0.717, 1.165) is 67.3 Å². The quantitative estimate of drug-likeness (QED) is 0.262. The summed E-state index contributed by atoms with van der Waals surface area (Å²) < 4.78 is 13.6. The summed E-state index contributed by atoms with van der Waals surface area (Å²) in [6.45, 7) is 6.03. The van der Waals surface area contributed by atoms with E-state index in [9.17, 15) is 4.39 Å². The summed E-state index contributed by atoms with van der Waals surface area (Å²) in [6, 6.07) is 7.13. The lowest BCUT2D eigenvalue weighted by molar-refractivity contribution is 0.657. The number of halogens is 1. The Morgan fingerprint density at radius 1 is 1.09 bits per heavy atom. The predicted octanol–water partition coefficient (Wildman–Crippen LogP) is 6.16. The van der Waals surface area contributed by atoms with E-state index in [-0.39, 0.29) is 5.13 Å². The number of hydrogen-bond donors (Lipinski definition) is 3. The minimum Gasteiger partial charge on any atom is -0.358 e. The molecule has 0 aliphatic heterocycles. The number of nitrogens with one attached hydrogen (secondary N) is 3. The second kappa shape index (κ2) is 8.41. The lowest BCUT2D eigenvalue weighted by Gasteiger charge is -2.08. The van der Waals surface area contributed by atoms with Crippen LogP contribution in [0.25, 0.3) is 55.2 Å². The summed E-state index contributed by atoms with van der Waals surface area (Å²) in [5.41, 5.74) is 7.05. The maximum Gasteiger partial charge on any atom is 0.176 e. The van der Waals surface area contributed by atoms with Gasteiger partial charge in [-0.25, -0.2) is 4.98 Å². The van der Waals surface area contributed by atoms with Crippen molar-refractivity contribution in [2.24, 2.45) is 0 Å². The number of allylic oxidation sites excluding steroid dienone is 1. The molecule has 0 aromatic carbocycles. The molecule has 3 N–H and O–H groups in total. The maximum atomic E-state index is 13.6. The first kappa shape index (κ1) is 21.1. The minimum atomic E-state index is -0.251. The average Bonchev–Trinajstić information content (AvgIpc) is 3.61. The zero-order valence-corrected chi connectivity index (χ0v) is 19.4. The molecular formula is C25H19FN8S. The number of H-pyrrole nitrogens is 2. The molecule has 0 bridgehead atoms. The van der Waals surface area contributed by atoms with Crippen molar-refractivity contribution in [3.05, 3.63) is 72.7 Å². The van der Waals surface area contributed by atoms with E-state index >= 15 is 0 Å². The summed E-state index contributed by atoms with van der Waals surface area (Å²) >= 11 is 1.06. The highest BCUT2D eigenvalue weighted by atomic mass is 32.1. The Hall–Kier alpha value is -4.44. The van der Waals surface area contributed by atoms with Crippen LogP contribution in [0.4, 0.5) is 10.1 Å². The van der Waals surface area contributed by atoms with Crippen LogP contribution in [0.1, 0.15) is 13.3 Å². The van der Waals surface area contributed by atoms with Crippen molar-refractivity contribution < 1.29 is 4.39 Å². The summed E-state index contributed by atoms with van der Waals surface area (Å²) in [4.78, 5) is 22.1. The Labute approximate surface area is 203 Å². The van der Waals surface area contributed by atoms with Crippen molar-refractivity contribution in [3.63, 3.8) is 0 Å². The van der Waals surface area contributed by atoms with Gasteiger partial charge < -0.3 is 10.3 Å². The lowest BCUT2D eigenvalue weighted by Crippen LogP contribution is -1.97. The number of aromatic amines is 2. The molecule has 6 aromatic rings. The Bertz CT molecular complexity index is 1710. The van der Waals surface area contributed by atoms with Crippen LogP contribution in [0.3, 0.4) is 0 Å². The number of aromatic nitrogens is 7. The Balaban J connectivity index is 1.43. The number of hydrogen-bond acceptors (Lipinski definition) is 7. The molecule has 8 nitrogen and oxygen atoms in total. The van der Waals surface area contributed by atoms with Crippen LogP contribution in [-0.4, -0.2) is 35.1 Å². The molecule has 0 spiro atoms. The fourth-order valence-corrected chi connectivity index (χ4v) is 4.62. The summed E-state index contributed by atoms with van der Waals surface area (Å²) in [6.07, 6.45) is 9.50. The molecule has 0 amide bonds. The van der Waals surface area contributed by atoms with Crippen LogP contribution in [0.15, 0.2) is 67.5 Å². The summed E-state index contributed by atoms with van der Waals surface area (Å²) in [5, 5.41) is 11.4. The fraction of sp³-hybridized carbons (Fsp3) is 0.0800. The molecule has 35 heavy (non-hydrogen) atoms. The fourth-order valence-electron chi connectivity index (χ4n) is 3.88. The lowest BCUT2D eigenvalue weighted by atomic mass is 10.1. The standard InChI is InChI=1S/C25H19FN8S/c1-3-13(2)30-15-6-14(8-27-9-15)18-7-16-19(12-29-18)33-34-24(16)25-31-20-11-28-10-17(23(20)32-25)21-4-5-22(26)35-21/h4-12,30H,2-3H2,1H3,(H,31,32)(H,33,34).